The number of likely N-dealkylation sites (tertiary alicyclic amines) is 1. The lowest BCUT2D eigenvalue weighted by Crippen LogP contribution is -2.52. The average Bonchev–Trinajstić information content (AvgIpc) is 2.52. The molecule has 0 aromatic heterocycles. The van der Waals surface area contributed by atoms with Gasteiger partial charge in [0.2, 0.25) is 5.91 Å². The maximum atomic E-state index is 12.3. The zero-order valence-electron chi connectivity index (χ0n) is 14.9. The largest absolute Gasteiger partial charge is 0.343 e. The fraction of sp³-hybridized carbons (Fsp3) is 0.944. The van der Waals surface area contributed by atoms with Crippen LogP contribution in [0.25, 0.3) is 0 Å². The highest BCUT2D eigenvalue weighted by molar-refractivity contribution is 5.76. The summed E-state index contributed by atoms with van der Waals surface area (Å²) in [6, 6.07) is 0.707. The lowest BCUT2D eigenvalue weighted by molar-refractivity contribution is -0.133. The van der Waals surface area contributed by atoms with Gasteiger partial charge in [0.25, 0.3) is 0 Å². The summed E-state index contributed by atoms with van der Waals surface area (Å²) in [5, 5.41) is 0. The van der Waals surface area contributed by atoms with Crippen LogP contribution in [-0.2, 0) is 4.79 Å². The van der Waals surface area contributed by atoms with Gasteiger partial charge >= 0.3 is 0 Å². The van der Waals surface area contributed by atoms with Gasteiger partial charge in [0.15, 0.2) is 0 Å². The van der Waals surface area contributed by atoms with E-state index in [0.29, 0.717) is 11.9 Å². The predicted molar refractivity (Wildman–Crippen MR) is 92.0 cm³/mol. The summed E-state index contributed by atoms with van der Waals surface area (Å²) in [7, 11) is 2.21. The first kappa shape index (κ1) is 17.7. The Morgan fingerprint density at radius 3 is 2.23 bits per heavy atom. The number of nitrogens with zero attached hydrogens (tertiary/aromatic N) is 3. The molecule has 22 heavy (non-hydrogen) atoms. The van der Waals surface area contributed by atoms with Crippen LogP contribution in [0, 0.1) is 5.92 Å². The van der Waals surface area contributed by atoms with E-state index < -0.39 is 0 Å². The Kier molecular flexibility index (Phi) is 7.16. The minimum atomic E-state index is 0.389. The number of unbranched alkanes of at least 4 members (excludes halogenated alkanes) is 1. The first-order valence-electron chi connectivity index (χ1n) is 9.26. The Morgan fingerprint density at radius 2 is 1.64 bits per heavy atom. The Bertz CT molecular complexity index is 329. The molecule has 0 atom stereocenters. The van der Waals surface area contributed by atoms with Gasteiger partial charge in [-0.25, -0.2) is 0 Å². The van der Waals surface area contributed by atoms with Crippen LogP contribution < -0.4 is 0 Å². The van der Waals surface area contributed by atoms with Gasteiger partial charge in [-0.1, -0.05) is 26.7 Å². The van der Waals surface area contributed by atoms with E-state index >= 15 is 0 Å². The number of carbonyl (C=O) groups is 1. The predicted octanol–water partition coefficient (Wildman–Crippen LogP) is 2.44. The van der Waals surface area contributed by atoms with Crippen LogP contribution in [-0.4, -0.2) is 73.0 Å². The standard InChI is InChI=1S/C18H35N3O/c1-16(2)6-4-5-7-18(22)21-10-8-17(9-11-21)20-14-12-19(3)13-15-20/h16-17H,4-15H2,1-3H3. The van der Waals surface area contributed by atoms with E-state index in [1.807, 2.05) is 0 Å². The van der Waals surface area contributed by atoms with Crippen LogP contribution >= 0.6 is 0 Å². The lowest BCUT2D eigenvalue weighted by Gasteiger charge is -2.42. The molecule has 0 saturated carbocycles. The highest BCUT2D eigenvalue weighted by Crippen LogP contribution is 2.19. The van der Waals surface area contributed by atoms with Gasteiger partial charge in [0.1, 0.15) is 0 Å². The van der Waals surface area contributed by atoms with Gasteiger partial charge in [0.05, 0.1) is 0 Å². The van der Waals surface area contributed by atoms with E-state index in [-0.39, 0.29) is 0 Å². The Balaban J connectivity index is 1.63. The van der Waals surface area contributed by atoms with Gasteiger partial charge in [-0.3, -0.25) is 9.69 Å². The maximum absolute atomic E-state index is 12.3. The third-order valence-corrected chi connectivity index (χ3v) is 5.29. The molecule has 0 N–H and O–H groups in total. The summed E-state index contributed by atoms with van der Waals surface area (Å²) in [4.78, 5) is 19.4. The van der Waals surface area contributed by atoms with E-state index in [0.717, 1.165) is 31.8 Å². The summed E-state index contributed by atoms with van der Waals surface area (Å²) < 4.78 is 0. The van der Waals surface area contributed by atoms with Crippen LogP contribution in [0.5, 0.6) is 0 Å². The number of hydrogen-bond donors (Lipinski definition) is 0. The number of carbonyl (C=O) groups excluding carboxylic acids is 1. The number of amides is 1. The van der Waals surface area contributed by atoms with Crippen molar-refractivity contribution in [3.63, 3.8) is 0 Å². The molecule has 2 rings (SSSR count). The molecule has 2 heterocycles. The molecular formula is C18H35N3O. The molecule has 2 saturated heterocycles. The van der Waals surface area contributed by atoms with Crippen molar-refractivity contribution in [3.05, 3.63) is 0 Å². The normalized spacial score (nSPS) is 22.5. The van der Waals surface area contributed by atoms with Crippen molar-refractivity contribution in [3.8, 4) is 0 Å². The van der Waals surface area contributed by atoms with Gasteiger partial charge in [-0.05, 0) is 32.2 Å². The van der Waals surface area contributed by atoms with E-state index in [1.54, 1.807) is 0 Å². The molecule has 4 nitrogen and oxygen atoms in total. The third kappa shape index (κ3) is 5.54. The molecule has 128 valence electrons. The molecule has 0 bridgehead atoms. The van der Waals surface area contributed by atoms with Crippen molar-refractivity contribution in [2.45, 2.75) is 58.4 Å². The molecule has 0 spiro atoms. The lowest BCUT2D eigenvalue weighted by atomic mass is 10.0. The minimum Gasteiger partial charge on any atom is -0.343 e. The quantitative estimate of drug-likeness (QED) is 0.705. The van der Waals surface area contributed by atoms with Crippen molar-refractivity contribution in [2.75, 3.05) is 46.3 Å². The second-order valence-corrected chi connectivity index (χ2v) is 7.59. The molecular weight excluding hydrogens is 274 g/mol. The van der Waals surface area contributed by atoms with Crippen LogP contribution in [0.15, 0.2) is 0 Å². The van der Waals surface area contributed by atoms with Crippen molar-refractivity contribution in [1.82, 2.24) is 14.7 Å². The fourth-order valence-corrected chi connectivity index (χ4v) is 3.65. The molecule has 2 fully saturated rings. The van der Waals surface area contributed by atoms with Crippen molar-refractivity contribution < 1.29 is 4.79 Å². The summed E-state index contributed by atoms with van der Waals surface area (Å²) in [6.07, 6.45) is 6.60. The van der Waals surface area contributed by atoms with E-state index in [4.69, 9.17) is 0 Å². The highest BCUT2D eigenvalue weighted by atomic mass is 16.2. The van der Waals surface area contributed by atoms with E-state index in [9.17, 15) is 4.79 Å². The number of rotatable bonds is 6. The summed E-state index contributed by atoms with van der Waals surface area (Å²) >= 11 is 0. The SMILES string of the molecule is CC(C)CCCCC(=O)N1CCC(N2CCN(C)CC2)CC1. The minimum absolute atomic E-state index is 0.389. The topological polar surface area (TPSA) is 26.8 Å². The number of hydrogen-bond acceptors (Lipinski definition) is 3. The highest BCUT2D eigenvalue weighted by Gasteiger charge is 2.28. The maximum Gasteiger partial charge on any atom is 0.222 e. The zero-order valence-corrected chi connectivity index (χ0v) is 14.9. The molecule has 4 heteroatoms. The Morgan fingerprint density at radius 1 is 1.00 bits per heavy atom. The number of piperidine rings is 1. The molecule has 0 aliphatic carbocycles. The third-order valence-electron chi connectivity index (χ3n) is 5.29. The van der Waals surface area contributed by atoms with Gasteiger partial charge in [0, 0.05) is 51.7 Å². The van der Waals surface area contributed by atoms with Gasteiger partial charge in [-0.15, -0.1) is 0 Å². The van der Waals surface area contributed by atoms with Crippen molar-refractivity contribution in [2.24, 2.45) is 5.92 Å². The summed E-state index contributed by atoms with van der Waals surface area (Å²) in [5.74, 6) is 1.15. The van der Waals surface area contributed by atoms with Crippen LogP contribution in [0.3, 0.4) is 0 Å². The van der Waals surface area contributed by atoms with Crippen LogP contribution in [0.1, 0.15) is 52.4 Å². The van der Waals surface area contributed by atoms with Crippen LogP contribution in [0.4, 0.5) is 0 Å². The van der Waals surface area contributed by atoms with Crippen molar-refractivity contribution >= 4 is 5.91 Å². The van der Waals surface area contributed by atoms with E-state index in [1.165, 1.54) is 51.9 Å². The second kappa shape index (κ2) is 8.88. The second-order valence-electron chi connectivity index (χ2n) is 7.59. The average molecular weight is 309 g/mol. The molecule has 0 aromatic rings. The van der Waals surface area contributed by atoms with Gasteiger partial charge < -0.3 is 9.80 Å². The van der Waals surface area contributed by atoms with Gasteiger partial charge in [-0.2, -0.15) is 0 Å². The fourth-order valence-electron chi connectivity index (χ4n) is 3.65. The monoisotopic (exact) mass is 309 g/mol. The smallest absolute Gasteiger partial charge is 0.222 e. The molecule has 0 unspecified atom stereocenters. The Labute approximate surface area is 136 Å². The molecule has 2 aliphatic rings. The molecule has 0 aromatic carbocycles. The summed E-state index contributed by atoms with van der Waals surface area (Å²) in [6.45, 7) is 11.2. The number of piperazine rings is 1. The Hall–Kier alpha value is -0.610. The molecule has 2 aliphatic heterocycles. The zero-order chi connectivity index (χ0) is 15.9. The number of likely N-dealkylation sites (N-methyl/N-ethyl adjacent to an activating group) is 1. The summed E-state index contributed by atoms with van der Waals surface area (Å²) in [5.41, 5.74) is 0. The first-order valence-corrected chi connectivity index (χ1v) is 9.26. The first-order chi connectivity index (χ1) is 10.6. The van der Waals surface area contributed by atoms with Crippen LogP contribution in [0.2, 0.25) is 0 Å². The molecule has 1 amide bonds. The van der Waals surface area contributed by atoms with E-state index in [2.05, 4.69) is 35.6 Å². The molecule has 0 radical (unpaired) electrons. The van der Waals surface area contributed by atoms with Crippen molar-refractivity contribution in [1.29, 1.82) is 0 Å².